The Kier molecular flexibility index (Phi) is 3.87. The molecule has 1 aliphatic carbocycles. The van der Waals surface area contributed by atoms with Crippen LogP contribution in [0.5, 0.6) is 0 Å². The molecule has 3 rings (SSSR count). The number of benzene rings is 1. The number of aromatic nitrogens is 1. The summed E-state index contributed by atoms with van der Waals surface area (Å²) < 4.78 is 0. The predicted octanol–water partition coefficient (Wildman–Crippen LogP) is 2.20. The van der Waals surface area contributed by atoms with E-state index in [4.69, 9.17) is 5.11 Å². The lowest BCUT2D eigenvalue weighted by Gasteiger charge is -2.06. The summed E-state index contributed by atoms with van der Waals surface area (Å²) >= 11 is 0. The van der Waals surface area contributed by atoms with Gasteiger partial charge in [0.1, 0.15) is 0 Å². The third-order valence-electron chi connectivity index (χ3n) is 3.88. The minimum Gasteiger partial charge on any atom is -0.481 e. The van der Waals surface area contributed by atoms with Gasteiger partial charge < -0.3 is 10.4 Å². The molecule has 0 aliphatic heterocycles. The van der Waals surface area contributed by atoms with Crippen molar-refractivity contribution in [2.45, 2.75) is 18.9 Å². The standard InChI is InChI=1S/C17H16N2O3/c20-16(19-10-11-2-1-7-18-9-11)13-5-3-12(4-6-13)14-8-15(14)17(21)22/h1-7,9,14-15H,8,10H2,(H,19,20)(H,21,22)/t14-,15+/m0/s1. The van der Waals surface area contributed by atoms with Crippen LogP contribution < -0.4 is 5.32 Å². The molecule has 2 atom stereocenters. The molecule has 1 aromatic heterocycles. The van der Waals surface area contributed by atoms with Gasteiger partial charge in [-0.1, -0.05) is 18.2 Å². The molecule has 2 aromatic rings. The van der Waals surface area contributed by atoms with Gasteiger partial charge >= 0.3 is 5.97 Å². The van der Waals surface area contributed by atoms with E-state index in [1.165, 1.54) is 0 Å². The lowest BCUT2D eigenvalue weighted by atomic mass is 10.1. The highest BCUT2D eigenvalue weighted by atomic mass is 16.4. The van der Waals surface area contributed by atoms with Gasteiger partial charge in [-0.3, -0.25) is 14.6 Å². The van der Waals surface area contributed by atoms with Crippen LogP contribution in [0.4, 0.5) is 0 Å². The first kappa shape index (κ1) is 14.3. The Morgan fingerprint density at radius 2 is 2.00 bits per heavy atom. The molecule has 0 radical (unpaired) electrons. The van der Waals surface area contributed by atoms with Gasteiger partial charge in [0.15, 0.2) is 0 Å². The second-order valence-electron chi connectivity index (χ2n) is 5.45. The third kappa shape index (κ3) is 3.14. The van der Waals surface area contributed by atoms with Crippen LogP contribution in [0.15, 0.2) is 48.8 Å². The summed E-state index contributed by atoms with van der Waals surface area (Å²) in [5.74, 6) is -1.08. The third-order valence-corrected chi connectivity index (χ3v) is 3.88. The Labute approximate surface area is 128 Å². The van der Waals surface area contributed by atoms with E-state index in [0.717, 1.165) is 11.1 Å². The highest BCUT2D eigenvalue weighted by molar-refractivity contribution is 5.94. The van der Waals surface area contributed by atoms with Crippen LogP contribution in [0.2, 0.25) is 0 Å². The molecule has 1 aliphatic rings. The average molecular weight is 296 g/mol. The molecule has 5 heteroatoms. The zero-order chi connectivity index (χ0) is 15.5. The van der Waals surface area contributed by atoms with Crippen LogP contribution in [0.1, 0.15) is 33.8 Å². The van der Waals surface area contributed by atoms with E-state index in [1.54, 1.807) is 24.5 Å². The van der Waals surface area contributed by atoms with E-state index in [1.807, 2.05) is 24.3 Å². The van der Waals surface area contributed by atoms with Crippen molar-refractivity contribution in [3.63, 3.8) is 0 Å². The molecule has 0 unspecified atom stereocenters. The molecule has 5 nitrogen and oxygen atoms in total. The SMILES string of the molecule is O=C(NCc1cccnc1)c1ccc([C@@H]2C[C@H]2C(=O)O)cc1. The van der Waals surface area contributed by atoms with Crippen molar-refractivity contribution in [3.8, 4) is 0 Å². The van der Waals surface area contributed by atoms with E-state index in [0.29, 0.717) is 18.5 Å². The summed E-state index contributed by atoms with van der Waals surface area (Å²) in [6.07, 6.45) is 4.08. The van der Waals surface area contributed by atoms with E-state index in [-0.39, 0.29) is 17.7 Å². The van der Waals surface area contributed by atoms with E-state index in [9.17, 15) is 9.59 Å². The number of rotatable bonds is 5. The van der Waals surface area contributed by atoms with Crippen molar-refractivity contribution in [3.05, 3.63) is 65.5 Å². The largest absolute Gasteiger partial charge is 0.481 e. The predicted molar refractivity (Wildman–Crippen MR) is 80.3 cm³/mol. The quantitative estimate of drug-likeness (QED) is 0.886. The van der Waals surface area contributed by atoms with Crippen molar-refractivity contribution < 1.29 is 14.7 Å². The number of hydrogen-bond acceptors (Lipinski definition) is 3. The number of pyridine rings is 1. The molecule has 22 heavy (non-hydrogen) atoms. The first-order valence-corrected chi connectivity index (χ1v) is 7.15. The van der Waals surface area contributed by atoms with Crippen LogP contribution in [-0.4, -0.2) is 22.0 Å². The molecule has 1 aromatic carbocycles. The number of amides is 1. The van der Waals surface area contributed by atoms with Gasteiger partial charge in [0.2, 0.25) is 0 Å². The van der Waals surface area contributed by atoms with Gasteiger partial charge in [0, 0.05) is 24.5 Å². The lowest BCUT2D eigenvalue weighted by Crippen LogP contribution is -2.22. The molecular weight excluding hydrogens is 280 g/mol. The molecule has 1 heterocycles. The minimum absolute atomic E-state index is 0.0880. The summed E-state index contributed by atoms with van der Waals surface area (Å²) in [4.78, 5) is 26.9. The van der Waals surface area contributed by atoms with Gasteiger partial charge in [-0.15, -0.1) is 0 Å². The Morgan fingerprint density at radius 3 is 2.59 bits per heavy atom. The van der Waals surface area contributed by atoms with Crippen molar-refractivity contribution in [2.24, 2.45) is 5.92 Å². The number of hydrogen-bond donors (Lipinski definition) is 2. The zero-order valence-electron chi connectivity index (χ0n) is 11.9. The number of carboxylic acids is 1. The van der Waals surface area contributed by atoms with Crippen molar-refractivity contribution in [1.82, 2.24) is 10.3 Å². The number of carbonyl (C=O) groups is 2. The highest BCUT2D eigenvalue weighted by Crippen LogP contribution is 2.47. The first-order valence-electron chi connectivity index (χ1n) is 7.15. The van der Waals surface area contributed by atoms with Crippen LogP contribution in [0.3, 0.4) is 0 Å². The molecule has 0 spiro atoms. The minimum atomic E-state index is -0.747. The summed E-state index contributed by atoms with van der Waals surface area (Å²) in [7, 11) is 0. The molecule has 1 saturated carbocycles. The van der Waals surface area contributed by atoms with Crippen molar-refractivity contribution >= 4 is 11.9 Å². The number of nitrogens with one attached hydrogen (secondary N) is 1. The summed E-state index contributed by atoms with van der Waals surface area (Å²) in [6, 6.07) is 10.9. The lowest BCUT2D eigenvalue weighted by molar-refractivity contribution is -0.138. The summed E-state index contributed by atoms with van der Waals surface area (Å²) in [6.45, 7) is 0.429. The maximum atomic E-state index is 12.1. The molecule has 2 N–H and O–H groups in total. The average Bonchev–Trinajstić information content (AvgIpc) is 3.35. The molecule has 1 fully saturated rings. The Hall–Kier alpha value is -2.69. The van der Waals surface area contributed by atoms with Crippen LogP contribution in [0, 0.1) is 5.92 Å². The zero-order valence-corrected chi connectivity index (χ0v) is 11.9. The van der Waals surface area contributed by atoms with E-state index >= 15 is 0 Å². The van der Waals surface area contributed by atoms with Gasteiger partial charge in [-0.2, -0.15) is 0 Å². The topological polar surface area (TPSA) is 79.3 Å². The van der Waals surface area contributed by atoms with Gasteiger partial charge in [0.05, 0.1) is 5.92 Å². The number of nitrogens with zero attached hydrogens (tertiary/aromatic N) is 1. The Balaban J connectivity index is 1.58. The van der Waals surface area contributed by atoms with Crippen molar-refractivity contribution in [1.29, 1.82) is 0 Å². The monoisotopic (exact) mass is 296 g/mol. The molecular formula is C17H16N2O3. The number of aliphatic carboxylic acids is 1. The molecule has 0 bridgehead atoms. The Bertz CT molecular complexity index is 683. The Morgan fingerprint density at radius 1 is 1.23 bits per heavy atom. The second kappa shape index (κ2) is 5.97. The molecule has 0 saturated heterocycles. The normalized spacial score (nSPS) is 19.5. The van der Waals surface area contributed by atoms with Crippen molar-refractivity contribution in [2.75, 3.05) is 0 Å². The highest BCUT2D eigenvalue weighted by Gasteiger charge is 2.44. The van der Waals surface area contributed by atoms with Gasteiger partial charge in [-0.25, -0.2) is 0 Å². The number of carbonyl (C=O) groups excluding carboxylic acids is 1. The fraction of sp³-hybridized carbons (Fsp3) is 0.235. The summed E-state index contributed by atoms with van der Waals surface area (Å²) in [5.41, 5.74) is 2.49. The van der Waals surface area contributed by atoms with Crippen LogP contribution >= 0.6 is 0 Å². The fourth-order valence-corrected chi connectivity index (χ4v) is 2.51. The fourth-order valence-electron chi connectivity index (χ4n) is 2.51. The van der Waals surface area contributed by atoms with E-state index < -0.39 is 5.97 Å². The maximum Gasteiger partial charge on any atom is 0.307 e. The van der Waals surface area contributed by atoms with Gasteiger partial charge in [0.25, 0.3) is 5.91 Å². The van der Waals surface area contributed by atoms with Crippen LogP contribution in [-0.2, 0) is 11.3 Å². The summed E-state index contributed by atoms with van der Waals surface area (Å²) in [5, 5.41) is 11.8. The first-order chi connectivity index (χ1) is 10.6. The maximum absolute atomic E-state index is 12.1. The number of carboxylic acid groups (broad SMARTS) is 1. The molecule has 1 amide bonds. The van der Waals surface area contributed by atoms with E-state index in [2.05, 4.69) is 10.3 Å². The second-order valence-corrected chi connectivity index (χ2v) is 5.45. The van der Waals surface area contributed by atoms with Gasteiger partial charge in [-0.05, 0) is 41.7 Å². The van der Waals surface area contributed by atoms with Crippen LogP contribution in [0.25, 0.3) is 0 Å². The molecule has 112 valence electrons. The smallest absolute Gasteiger partial charge is 0.307 e.